The molecule has 5 N–H and O–H groups in total. The molecule has 0 fully saturated rings. The molecule has 2 unspecified atom stereocenters. The van der Waals surface area contributed by atoms with Crippen molar-refractivity contribution in [2.24, 2.45) is 0 Å². The van der Waals surface area contributed by atoms with Crippen LogP contribution in [-0.2, 0) is 31.7 Å². The monoisotopic (exact) mass is 575 g/mol. The molecule has 2 atom stereocenters. The predicted octanol–water partition coefficient (Wildman–Crippen LogP) is 5.59. The predicted molar refractivity (Wildman–Crippen MR) is 169 cm³/mol. The maximum absolute atomic E-state index is 11.7. The summed E-state index contributed by atoms with van der Waals surface area (Å²) in [5, 5.41) is 28.6. The quantitative estimate of drug-likeness (QED) is 0.141. The molecule has 1 heterocycles. The Morgan fingerprint density at radius 3 is 2.58 bits per heavy atom. The highest BCUT2D eigenvalue weighted by molar-refractivity contribution is 5.87. The molecule has 6 rings (SSSR count). The number of aryl methyl sites for hydroxylation is 1. The third kappa shape index (κ3) is 6.49. The van der Waals surface area contributed by atoms with E-state index in [1.54, 1.807) is 12.1 Å². The van der Waals surface area contributed by atoms with Gasteiger partial charge >= 0.3 is 0 Å². The summed E-state index contributed by atoms with van der Waals surface area (Å²) in [6, 6.07) is 31.4. The minimum Gasteiger partial charge on any atom is -0.506 e. The summed E-state index contributed by atoms with van der Waals surface area (Å²) in [4.78, 5) is 14.3. The van der Waals surface area contributed by atoms with Gasteiger partial charge in [0.1, 0.15) is 18.1 Å². The van der Waals surface area contributed by atoms with E-state index in [-0.39, 0.29) is 16.8 Å². The second-order valence-corrected chi connectivity index (χ2v) is 11.5. The normalized spacial score (nSPS) is 16.7. The molecule has 0 radical (unpaired) electrons. The Labute approximate surface area is 251 Å². The van der Waals surface area contributed by atoms with Gasteiger partial charge in [-0.05, 0) is 77.4 Å². The molecule has 7 heteroatoms. The number of aromatic hydroxyl groups is 1. The van der Waals surface area contributed by atoms with Crippen molar-refractivity contribution in [3.8, 4) is 11.5 Å². The lowest BCUT2D eigenvalue weighted by Crippen LogP contribution is -2.36. The Kier molecular flexibility index (Phi) is 8.29. The minimum absolute atomic E-state index is 0.0103. The first kappa shape index (κ1) is 28.7. The van der Waals surface area contributed by atoms with Crippen molar-refractivity contribution in [2.75, 3.05) is 6.54 Å². The molecule has 0 aliphatic heterocycles. The Morgan fingerprint density at radius 1 is 0.907 bits per heavy atom. The first-order valence-corrected chi connectivity index (χ1v) is 14.7. The summed E-state index contributed by atoms with van der Waals surface area (Å²) in [6.07, 6.45) is 1.41. The zero-order chi connectivity index (χ0) is 29.8. The van der Waals surface area contributed by atoms with Crippen LogP contribution in [0.3, 0.4) is 0 Å². The Bertz CT molecular complexity index is 1780. The van der Waals surface area contributed by atoms with E-state index < -0.39 is 6.10 Å². The third-order valence-electron chi connectivity index (χ3n) is 8.45. The van der Waals surface area contributed by atoms with Crippen LogP contribution in [0.25, 0.3) is 10.9 Å². The van der Waals surface area contributed by atoms with Crippen LogP contribution in [0.4, 0.5) is 0 Å². The number of H-pyrrole nitrogens is 1. The van der Waals surface area contributed by atoms with E-state index in [0.717, 1.165) is 36.3 Å². The number of ether oxygens (including phenoxy) is 1. The van der Waals surface area contributed by atoms with Crippen LogP contribution in [-0.4, -0.2) is 21.7 Å². The van der Waals surface area contributed by atoms with Crippen LogP contribution in [0.15, 0.2) is 102 Å². The third-order valence-corrected chi connectivity index (χ3v) is 8.45. The average molecular weight is 576 g/mol. The number of phenolic OH excluding ortho intramolecular Hbond substituents is 1. The Morgan fingerprint density at radius 2 is 1.72 bits per heavy atom. The average Bonchev–Trinajstić information content (AvgIpc) is 3.37. The number of aliphatic hydroxyl groups excluding tert-OH is 1. The van der Waals surface area contributed by atoms with Crippen LogP contribution >= 0.6 is 0 Å². The van der Waals surface area contributed by atoms with Gasteiger partial charge < -0.3 is 30.6 Å². The number of pyridine rings is 1. The number of benzene rings is 4. The van der Waals surface area contributed by atoms with E-state index in [0.29, 0.717) is 36.2 Å². The molecular weight excluding hydrogens is 538 g/mol. The van der Waals surface area contributed by atoms with E-state index >= 15 is 0 Å². The zero-order valence-electron chi connectivity index (χ0n) is 24.3. The number of rotatable bonds is 11. The molecule has 1 aromatic heterocycles. The number of aromatic amines is 1. The largest absolute Gasteiger partial charge is 0.506 e. The van der Waals surface area contributed by atoms with E-state index in [1.165, 1.54) is 28.8 Å². The summed E-state index contributed by atoms with van der Waals surface area (Å²) >= 11 is 0. The van der Waals surface area contributed by atoms with Gasteiger partial charge in [0, 0.05) is 36.6 Å². The fraction of sp³-hybridized carbons (Fsp3) is 0.250. The second kappa shape index (κ2) is 12.4. The maximum atomic E-state index is 11.7. The first-order chi connectivity index (χ1) is 20.9. The summed E-state index contributed by atoms with van der Waals surface area (Å²) in [7, 11) is 0. The van der Waals surface area contributed by atoms with Crippen molar-refractivity contribution in [3.63, 3.8) is 0 Å². The highest BCUT2D eigenvalue weighted by atomic mass is 16.5. The van der Waals surface area contributed by atoms with Crippen molar-refractivity contribution in [1.82, 2.24) is 15.6 Å². The van der Waals surface area contributed by atoms with E-state index in [9.17, 15) is 15.0 Å². The number of phenols is 1. The molecule has 0 amide bonds. The van der Waals surface area contributed by atoms with Gasteiger partial charge in [-0.25, -0.2) is 0 Å². The molecule has 1 aliphatic carbocycles. The van der Waals surface area contributed by atoms with Gasteiger partial charge in [0.15, 0.2) is 0 Å². The minimum atomic E-state index is -0.801. The van der Waals surface area contributed by atoms with Gasteiger partial charge in [0.25, 0.3) is 0 Å². The SMILES string of the molecule is CC1(NCc2cccc(OCc3ccc(CNCC(O)c4ccc(O)c5[nH]c(=O)ccc45)cc3)c2)CCc2ccccc21. The van der Waals surface area contributed by atoms with Crippen molar-refractivity contribution in [2.45, 2.75) is 51.1 Å². The lowest BCUT2D eigenvalue weighted by Gasteiger charge is -2.27. The fourth-order valence-corrected chi connectivity index (χ4v) is 5.95. The number of hydrogen-bond acceptors (Lipinski definition) is 6. The van der Waals surface area contributed by atoms with Gasteiger partial charge in [-0.2, -0.15) is 0 Å². The smallest absolute Gasteiger partial charge is 0.248 e. The summed E-state index contributed by atoms with van der Waals surface area (Å²) in [6.45, 7) is 4.46. The molecule has 1 aliphatic rings. The highest BCUT2D eigenvalue weighted by Crippen LogP contribution is 2.36. The summed E-state index contributed by atoms with van der Waals surface area (Å²) in [5.74, 6) is 0.826. The standard InChI is InChI=1S/C36H37N3O4/c1-36(18-17-27-6-2-3-8-31(27)36)38-21-26-5-4-7-28(19-26)43-23-25-11-9-24(10-12-25)20-37-22-33(41)29-13-15-32(40)35-30(29)14-16-34(42)39-35/h2-16,19,33,37-38,40-41H,17-18,20-23H2,1H3,(H,39,42). The van der Waals surface area contributed by atoms with Gasteiger partial charge in [-0.15, -0.1) is 0 Å². The number of aromatic nitrogens is 1. The van der Waals surface area contributed by atoms with Gasteiger partial charge in [-0.1, -0.05) is 66.7 Å². The zero-order valence-corrected chi connectivity index (χ0v) is 24.3. The number of hydrogen-bond donors (Lipinski definition) is 5. The summed E-state index contributed by atoms with van der Waals surface area (Å²) < 4.78 is 6.12. The molecular formula is C36H37N3O4. The van der Waals surface area contributed by atoms with Crippen LogP contribution in [0.5, 0.6) is 11.5 Å². The molecule has 5 aromatic rings. The maximum Gasteiger partial charge on any atom is 0.248 e. The van der Waals surface area contributed by atoms with E-state index in [1.807, 2.05) is 12.1 Å². The summed E-state index contributed by atoms with van der Waals surface area (Å²) in [5.41, 5.74) is 6.86. The molecule has 43 heavy (non-hydrogen) atoms. The Balaban J connectivity index is 0.986. The molecule has 7 nitrogen and oxygen atoms in total. The van der Waals surface area contributed by atoms with Crippen LogP contribution < -0.4 is 20.9 Å². The first-order valence-electron chi connectivity index (χ1n) is 14.7. The van der Waals surface area contributed by atoms with Crippen LogP contribution in [0.2, 0.25) is 0 Å². The van der Waals surface area contributed by atoms with Gasteiger partial charge in [-0.3, -0.25) is 4.79 Å². The lowest BCUT2D eigenvalue weighted by molar-refractivity contribution is 0.176. The lowest BCUT2D eigenvalue weighted by atomic mass is 9.94. The number of fused-ring (bicyclic) bond motifs is 2. The topological polar surface area (TPSA) is 107 Å². The van der Waals surface area contributed by atoms with Crippen molar-refractivity contribution < 1.29 is 14.9 Å². The highest BCUT2D eigenvalue weighted by Gasteiger charge is 2.33. The van der Waals surface area contributed by atoms with Crippen LogP contribution in [0.1, 0.15) is 52.8 Å². The molecule has 4 aromatic carbocycles. The Hall–Kier alpha value is -4.43. The second-order valence-electron chi connectivity index (χ2n) is 11.5. The van der Waals surface area contributed by atoms with Crippen LogP contribution in [0, 0.1) is 0 Å². The molecule has 0 bridgehead atoms. The number of aliphatic hydroxyl groups is 1. The molecule has 220 valence electrons. The van der Waals surface area contributed by atoms with E-state index in [2.05, 4.69) is 83.2 Å². The fourth-order valence-electron chi connectivity index (χ4n) is 5.95. The van der Waals surface area contributed by atoms with Gasteiger partial charge in [0.05, 0.1) is 11.6 Å². The number of nitrogens with one attached hydrogen (secondary N) is 3. The molecule has 0 saturated heterocycles. The van der Waals surface area contributed by atoms with Gasteiger partial charge in [0.2, 0.25) is 5.56 Å². The van der Waals surface area contributed by atoms with E-state index in [4.69, 9.17) is 4.74 Å². The van der Waals surface area contributed by atoms with Crippen molar-refractivity contribution >= 4 is 10.9 Å². The van der Waals surface area contributed by atoms with Crippen molar-refractivity contribution in [1.29, 1.82) is 0 Å². The van der Waals surface area contributed by atoms with Crippen molar-refractivity contribution in [3.05, 3.63) is 141 Å². The molecule has 0 spiro atoms. The molecule has 0 saturated carbocycles.